The van der Waals surface area contributed by atoms with Gasteiger partial charge in [0, 0.05) is 25.4 Å². The van der Waals surface area contributed by atoms with Gasteiger partial charge in [0.15, 0.2) is 0 Å². The summed E-state index contributed by atoms with van der Waals surface area (Å²) < 4.78 is 5.54. The number of nitrogens with one attached hydrogen (secondary N) is 1. The summed E-state index contributed by atoms with van der Waals surface area (Å²) in [7, 11) is 0. The topological polar surface area (TPSA) is 116 Å². The number of carboxylic acid groups (broad SMARTS) is 1. The van der Waals surface area contributed by atoms with Gasteiger partial charge in [-0.2, -0.15) is 0 Å². The van der Waals surface area contributed by atoms with Crippen molar-refractivity contribution in [2.45, 2.75) is 37.6 Å². The number of ether oxygens (including phenoxy) is 1. The molecule has 180 valence electrons. The first kappa shape index (κ1) is 23.8. The molecule has 0 spiro atoms. The van der Waals surface area contributed by atoms with Crippen LogP contribution in [0.2, 0.25) is 0 Å². The number of benzene rings is 2. The van der Waals surface area contributed by atoms with Crippen molar-refractivity contribution in [3.63, 3.8) is 0 Å². The molecule has 2 aliphatic rings. The molecule has 2 aliphatic carbocycles. The molecule has 0 aliphatic heterocycles. The van der Waals surface area contributed by atoms with E-state index in [0.717, 1.165) is 35.1 Å². The highest BCUT2D eigenvalue weighted by Crippen LogP contribution is 2.44. The van der Waals surface area contributed by atoms with Crippen LogP contribution in [-0.4, -0.2) is 65.4 Å². The Morgan fingerprint density at radius 3 is 2.21 bits per heavy atom. The van der Waals surface area contributed by atoms with Crippen molar-refractivity contribution in [1.29, 1.82) is 0 Å². The normalized spacial score (nSPS) is 15.2. The van der Waals surface area contributed by atoms with Crippen molar-refractivity contribution < 1.29 is 29.3 Å². The van der Waals surface area contributed by atoms with Crippen molar-refractivity contribution in [2.75, 3.05) is 26.3 Å². The number of amides is 2. The second kappa shape index (κ2) is 10.7. The molecule has 0 saturated heterocycles. The van der Waals surface area contributed by atoms with E-state index in [0.29, 0.717) is 12.5 Å². The number of nitrogens with zero attached hydrogens (tertiary/aromatic N) is 1. The summed E-state index contributed by atoms with van der Waals surface area (Å²) in [6.07, 6.45) is 0.964. The second-order valence-electron chi connectivity index (χ2n) is 8.91. The zero-order valence-electron chi connectivity index (χ0n) is 19.0. The van der Waals surface area contributed by atoms with Gasteiger partial charge in [-0.1, -0.05) is 48.5 Å². The molecule has 2 aromatic carbocycles. The molecule has 0 heterocycles. The number of carbonyl (C=O) groups is 3. The van der Waals surface area contributed by atoms with Gasteiger partial charge in [-0.3, -0.25) is 9.59 Å². The van der Waals surface area contributed by atoms with Crippen LogP contribution in [-0.2, 0) is 14.3 Å². The van der Waals surface area contributed by atoms with E-state index in [4.69, 9.17) is 9.84 Å². The molecule has 0 bridgehead atoms. The summed E-state index contributed by atoms with van der Waals surface area (Å²) in [5, 5.41) is 21.0. The number of hydrogen-bond donors (Lipinski definition) is 3. The fraction of sp³-hybridized carbons (Fsp3) is 0.423. The molecule has 1 unspecified atom stereocenters. The summed E-state index contributed by atoms with van der Waals surface area (Å²) in [4.78, 5) is 38.4. The van der Waals surface area contributed by atoms with E-state index < -0.39 is 24.0 Å². The zero-order chi connectivity index (χ0) is 24.1. The third-order valence-electron chi connectivity index (χ3n) is 6.44. The number of fused-ring (bicyclic) bond motifs is 3. The summed E-state index contributed by atoms with van der Waals surface area (Å²) in [6.45, 7) is 0.539. The Morgan fingerprint density at radius 2 is 1.65 bits per heavy atom. The third-order valence-corrected chi connectivity index (χ3v) is 6.44. The highest BCUT2D eigenvalue weighted by atomic mass is 16.5. The molecule has 0 radical (unpaired) electrons. The highest BCUT2D eigenvalue weighted by Gasteiger charge is 2.33. The van der Waals surface area contributed by atoms with Crippen LogP contribution < -0.4 is 5.32 Å². The van der Waals surface area contributed by atoms with Crippen LogP contribution in [0.3, 0.4) is 0 Å². The largest absolute Gasteiger partial charge is 0.481 e. The zero-order valence-corrected chi connectivity index (χ0v) is 19.0. The van der Waals surface area contributed by atoms with Gasteiger partial charge in [0.2, 0.25) is 5.91 Å². The first-order valence-corrected chi connectivity index (χ1v) is 11.7. The quantitative estimate of drug-likeness (QED) is 0.469. The van der Waals surface area contributed by atoms with Crippen molar-refractivity contribution in [2.24, 2.45) is 5.92 Å². The molecular formula is C26H30N2O6. The molecule has 2 aromatic rings. The Labute approximate surface area is 198 Å². The summed E-state index contributed by atoms with van der Waals surface area (Å²) >= 11 is 0. The Bertz CT molecular complexity index is 1010. The average molecular weight is 467 g/mol. The molecule has 8 heteroatoms. The number of alkyl carbamates (subject to hydrolysis) is 1. The molecule has 34 heavy (non-hydrogen) atoms. The van der Waals surface area contributed by atoms with Gasteiger partial charge in [0.25, 0.3) is 0 Å². The number of aliphatic hydroxyl groups is 1. The van der Waals surface area contributed by atoms with Crippen molar-refractivity contribution in [3.05, 3.63) is 59.7 Å². The Kier molecular flexibility index (Phi) is 7.47. The molecule has 3 N–H and O–H groups in total. The lowest BCUT2D eigenvalue weighted by Crippen LogP contribution is -2.50. The molecule has 8 nitrogen and oxygen atoms in total. The smallest absolute Gasteiger partial charge is 0.407 e. The number of aliphatic carboxylic acids is 1. The Morgan fingerprint density at radius 1 is 1.03 bits per heavy atom. The van der Waals surface area contributed by atoms with Gasteiger partial charge in [-0.15, -0.1) is 0 Å². The van der Waals surface area contributed by atoms with Gasteiger partial charge in [-0.25, -0.2) is 4.79 Å². The van der Waals surface area contributed by atoms with Crippen LogP contribution in [0.5, 0.6) is 0 Å². The number of rotatable bonds is 11. The number of aliphatic hydroxyl groups excluding tert-OH is 1. The van der Waals surface area contributed by atoms with E-state index >= 15 is 0 Å². The maximum Gasteiger partial charge on any atom is 0.407 e. The van der Waals surface area contributed by atoms with E-state index in [-0.39, 0.29) is 38.5 Å². The number of carboxylic acids is 1. The first-order valence-electron chi connectivity index (χ1n) is 11.7. The van der Waals surface area contributed by atoms with E-state index in [1.807, 2.05) is 48.5 Å². The van der Waals surface area contributed by atoms with Gasteiger partial charge < -0.3 is 25.2 Å². The van der Waals surface area contributed by atoms with Gasteiger partial charge in [0.1, 0.15) is 12.6 Å². The molecule has 1 atom stereocenters. The minimum atomic E-state index is -1.05. The first-order chi connectivity index (χ1) is 16.5. The van der Waals surface area contributed by atoms with E-state index in [1.54, 1.807) is 0 Å². The van der Waals surface area contributed by atoms with E-state index in [2.05, 4.69) is 5.32 Å². The maximum absolute atomic E-state index is 13.1. The Hall–Kier alpha value is -3.39. The monoisotopic (exact) mass is 466 g/mol. The van der Waals surface area contributed by atoms with Crippen LogP contribution in [0.1, 0.15) is 42.7 Å². The second-order valence-corrected chi connectivity index (χ2v) is 8.91. The lowest BCUT2D eigenvalue weighted by atomic mass is 9.98. The lowest BCUT2D eigenvalue weighted by Gasteiger charge is -2.27. The van der Waals surface area contributed by atoms with Crippen LogP contribution in [0.25, 0.3) is 11.1 Å². The van der Waals surface area contributed by atoms with Gasteiger partial charge >= 0.3 is 12.1 Å². The average Bonchev–Trinajstić information content (AvgIpc) is 3.60. The van der Waals surface area contributed by atoms with Crippen LogP contribution in [0.4, 0.5) is 4.79 Å². The molecule has 4 rings (SSSR count). The number of carbonyl (C=O) groups excluding carboxylic acids is 2. The number of hydrogen-bond acceptors (Lipinski definition) is 5. The minimum Gasteiger partial charge on any atom is -0.481 e. The maximum atomic E-state index is 13.1. The fourth-order valence-electron chi connectivity index (χ4n) is 4.55. The van der Waals surface area contributed by atoms with Gasteiger partial charge in [0.05, 0.1) is 6.61 Å². The van der Waals surface area contributed by atoms with Crippen molar-refractivity contribution in [3.8, 4) is 11.1 Å². The molecule has 1 fully saturated rings. The summed E-state index contributed by atoms with van der Waals surface area (Å²) in [5.41, 5.74) is 4.38. The highest BCUT2D eigenvalue weighted by molar-refractivity contribution is 5.86. The molecular weight excluding hydrogens is 436 g/mol. The summed E-state index contributed by atoms with van der Waals surface area (Å²) in [6, 6.07) is 15.0. The van der Waals surface area contributed by atoms with E-state index in [1.165, 1.54) is 4.90 Å². The Balaban J connectivity index is 1.42. The minimum absolute atomic E-state index is 0.0506. The SMILES string of the molecule is O=C(O)CCC(NC(=O)OCC1c2ccccc2-c2ccccc21)C(=O)N(CCO)CC1CC1. The predicted molar refractivity (Wildman–Crippen MR) is 125 cm³/mol. The predicted octanol–water partition coefficient (Wildman–Crippen LogP) is 2.99. The fourth-order valence-corrected chi connectivity index (χ4v) is 4.55. The van der Waals surface area contributed by atoms with Crippen LogP contribution in [0, 0.1) is 5.92 Å². The molecule has 2 amide bonds. The standard InChI is InChI=1S/C26H30N2O6/c29-14-13-28(15-17-9-10-17)25(32)23(11-12-24(30)31)27-26(33)34-16-22-20-7-3-1-5-18(20)19-6-2-4-8-21(19)22/h1-8,17,22-23,29H,9-16H2,(H,27,33)(H,30,31). The van der Waals surface area contributed by atoms with Crippen molar-refractivity contribution >= 4 is 18.0 Å². The molecule has 0 aromatic heterocycles. The van der Waals surface area contributed by atoms with Gasteiger partial charge in [-0.05, 0) is 47.4 Å². The van der Waals surface area contributed by atoms with Crippen molar-refractivity contribution in [1.82, 2.24) is 10.2 Å². The summed E-state index contributed by atoms with van der Waals surface area (Å²) in [5.74, 6) is -1.17. The van der Waals surface area contributed by atoms with Crippen LogP contribution in [0.15, 0.2) is 48.5 Å². The third kappa shape index (κ3) is 5.56. The molecule has 1 saturated carbocycles. The van der Waals surface area contributed by atoms with Crippen LogP contribution >= 0.6 is 0 Å². The van der Waals surface area contributed by atoms with E-state index in [9.17, 15) is 19.5 Å². The lowest BCUT2D eigenvalue weighted by molar-refractivity contribution is -0.138.